The number of hydrogen-bond acceptors (Lipinski definition) is 6. The van der Waals surface area contributed by atoms with Gasteiger partial charge in [-0.15, -0.1) is 0 Å². The number of amides is 1. The summed E-state index contributed by atoms with van der Waals surface area (Å²) in [5.74, 6) is -1.14. The standard InChI is InChI=1S/C26H22N2O5/c1-2-14-33-21-11-7-19(8-12-21)24(30)22-23(18-5-9-20(29)10-6-18)28(26(32)25(22)31)16-17-4-3-13-27-15-17/h2-13,15,23,29-30H,1,14,16H2/b24-22+. The molecule has 2 aromatic carbocycles. The quantitative estimate of drug-likeness (QED) is 0.249. The minimum Gasteiger partial charge on any atom is -0.508 e. The van der Waals surface area contributed by atoms with Gasteiger partial charge < -0.3 is 19.8 Å². The van der Waals surface area contributed by atoms with Crippen molar-refractivity contribution in [2.45, 2.75) is 12.6 Å². The molecule has 166 valence electrons. The molecule has 3 aromatic rings. The number of pyridine rings is 1. The fourth-order valence-electron chi connectivity index (χ4n) is 3.75. The molecule has 2 heterocycles. The minimum atomic E-state index is -0.831. The van der Waals surface area contributed by atoms with Gasteiger partial charge in [0.05, 0.1) is 11.6 Å². The lowest BCUT2D eigenvalue weighted by molar-refractivity contribution is -0.140. The summed E-state index contributed by atoms with van der Waals surface area (Å²) in [7, 11) is 0. The summed E-state index contributed by atoms with van der Waals surface area (Å²) in [4.78, 5) is 31.6. The Labute approximate surface area is 190 Å². The monoisotopic (exact) mass is 442 g/mol. The fourth-order valence-corrected chi connectivity index (χ4v) is 3.75. The summed E-state index contributed by atoms with van der Waals surface area (Å²) in [6.45, 7) is 4.08. The van der Waals surface area contributed by atoms with Crippen LogP contribution in [0, 0.1) is 0 Å². The topological polar surface area (TPSA) is 100.0 Å². The van der Waals surface area contributed by atoms with Gasteiger partial charge in [0.2, 0.25) is 0 Å². The molecule has 0 saturated carbocycles. The molecule has 1 amide bonds. The van der Waals surface area contributed by atoms with Crippen molar-refractivity contribution in [3.05, 3.63) is 108 Å². The summed E-state index contributed by atoms with van der Waals surface area (Å²) >= 11 is 0. The van der Waals surface area contributed by atoms with E-state index < -0.39 is 17.7 Å². The molecular formula is C26H22N2O5. The van der Waals surface area contributed by atoms with Crippen molar-refractivity contribution in [2.24, 2.45) is 0 Å². The molecule has 33 heavy (non-hydrogen) atoms. The van der Waals surface area contributed by atoms with E-state index in [0.717, 1.165) is 5.56 Å². The smallest absolute Gasteiger partial charge is 0.295 e. The second-order valence-corrected chi connectivity index (χ2v) is 7.50. The molecule has 0 aliphatic carbocycles. The molecule has 1 aliphatic heterocycles. The van der Waals surface area contributed by atoms with Crippen molar-refractivity contribution in [1.29, 1.82) is 0 Å². The Morgan fingerprint density at radius 2 is 1.82 bits per heavy atom. The number of phenolic OH excluding ortho intramolecular Hbond substituents is 1. The molecule has 7 heteroatoms. The van der Waals surface area contributed by atoms with Crippen LogP contribution < -0.4 is 4.74 Å². The summed E-state index contributed by atoms with van der Waals surface area (Å²) in [6.07, 6.45) is 4.86. The highest BCUT2D eigenvalue weighted by Crippen LogP contribution is 2.40. The van der Waals surface area contributed by atoms with Crippen LogP contribution in [0.2, 0.25) is 0 Å². The predicted molar refractivity (Wildman–Crippen MR) is 122 cm³/mol. The van der Waals surface area contributed by atoms with Crippen molar-refractivity contribution < 1.29 is 24.5 Å². The van der Waals surface area contributed by atoms with Crippen LogP contribution in [0.3, 0.4) is 0 Å². The number of phenols is 1. The number of Topliss-reactive ketones (excluding diaryl/α,β-unsaturated/α-hetero) is 1. The van der Waals surface area contributed by atoms with Gasteiger partial charge in [-0.3, -0.25) is 14.6 Å². The highest BCUT2D eigenvalue weighted by molar-refractivity contribution is 6.46. The average Bonchev–Trinajstić information content (AvgIpc) is 3.08. The molecule has 1 unspecified atom stereocenters. The third-order valence-corrected chi connectivity index (χ3v) is 5.32. The van der Waals surface area contributed by atoms with E-state index in [9.17, 15) is 19.8 Å². The molecule has 1 aliphatic rings. The molecule has 2 N–H and O–H groups in total. The van der Waals surface area contributed by atoms with Gasteiger partial charge in [-0.05, 0) is 53.6 Å². The van der Waals surface area contributed by atoms with Gasteiger partial charge >= 0.3 is 0 Å². The van der Waals surface area contributed by atoms with Crippen LogP contribution >= 0.6 is 0 Å². The second kappa shape index (κ2) is 9.40. The van der Waals surface area contributed by atoms with Crippen LogP contribution in [-0.4, -0.2) is 38.4 Å². The molecule has 1 fully saturated rings. The molecule has 7 nitrogen and oxygen atoms in total. The number of aromatic hydroxyl groups is 1. The third-order valence-electron chi connectivity index (χ3n) is 5.32. The molecule has 0 radical (unpaired) electrons. The lowest BCUT2D eigenvalue weighted by atomic mass is 9.95. The Hall–Kier alpha value is -4.39. The van der Waals surface area contributed by atoms with Gasteiger partial charge in [0, 0.05) is 24.5 Å². The summed E-state index contributed by atoms with van der Waals surface area (Å²) < 4.78 is 5.46. The van der Waals surface area contributed by atoms with E-state index in [0.29, 0.717) is 23.5 Å². The van der Waals surface area contributed by atoms with Crippen molar-refractivity contribution in [3.8, 4) is 11.5 Å². The third kappa shape index (κ3) is 4.48. The first-order valence-electron chi connectivity index (χ1n) is 10.3. The van der Waals surface area contributed by atoms with E-state index in [1.807, 2.05) is 6.07 Å². The first kappa shape index (κ1) is 21.8. The number of carbonyl (C=O) groups is 2. The van der Waals surface area contributed by atoms with Crippen LogP contribution in [0.1, 0.15) is 22.7 Å². The number of aromatic nitrogens is 1. The molecule has 1 aromatic heterocycles. The van der Waals surface area contributed by atoms with Crippen LogP contribution in [-0.2, 0) is 16.1 Å². The number of likely N-dealkylation sites (tertiary alicyclic amines) is 1. The number of aliphatic hydroxyl groups excluding tert-OH is 1. The number of rotatable bonds is 7. The zero-order chi connectivity index (χ0) is 23.4. The number of ketones is 1. The lowest BCUT2D eigenvalue weighted by Gasteiger charge is -2.25. The highest BCUT2D eigenvalue weighted by atomic mass is 16.5. The normalized spacial score (nSPS) is 17.2. The van der Waals surface area contributed by atoms with E-state index >= 15 is 0 Å². The fraction of sp³-hybridized carbons (Fsp3) is 0.115. The van der Waals surface area contributed by atoms with E-state index in [-0.39, 0.29) is 23.6 Å². The first-order valence-corrected chi connectivity index (χ1v) is 10.3. The van der Waals surface area contributed by atoms with Crippen molar-refractivity contribution in [2.75, 3.05) is 6.61 Å². The van der Waals surface area contributed by atoms with Crippen molar-refractivity contribution in [1.82, 2.24) is 9.88 Å². The SMILES string of the molecule is C=CCOc1ccc(/C(O)=C2\C(=O)C(=O)N(Cc3cccnc3)C2c2ccc(O)cc2)cc1. The van der Waals surface area contributed by atoms with Crippen LogP contribution in [0.25, 0.3) is 5.76 Å². The Morgan fingerprint density at radius 1 is 1.09 bits per heavy atom. The van der Waals surface area contributed by atoms with Gasteiger partial charge in [0.25, 0.3) is 11.7 Å². The summed E-state index contributed by atoms with van der Waals surface area (Å²) in [5, 5.41) is 20.8. The van der Waals surface area contributed by atoms with E-state index in [2.05, 4.69) is 11.6 Å². The number of ether oxygens (including phenoxy) is 1. The van der Waals surface area contributed by atoms with E-state index in [1.165, 1.54) is 17.0 Å². The highest BCUT2D eigenvalue weighted by Gasteiger charge is 2.46. The molecule has 1 atom stereocenters. The predicted octanol–water partition coefficient (Wildman–Crippen LogP) is 3.97. The Bertz CT molecular complexity index is 1200. The summed E-state index contributed by atoms with van der Waals surface area (Å²) in [5.41, 5.74) is 1.69. The molecule has 4 rings (SSSR count). The van der Waals surface area contributed by atoms with Gasteiger partial charge in [-0.1, -0.05) is 30.9 Å². The zero-order valence-electron chi connectivity index (χ0n) is 17.7. The number of benzene rings is 2. The van der Waals surface area contributed by atoms with Crippen molar-refractivity contribution >= 4 is 17.4 Å². The van der Waals surface area contributed by atoms with E-state index in [4.69, 9.17) is 4.74 Å². The minimum absolute atomic E-state index is 0.0191. The molecule has 1 saturated heterocycles. The number of aliphatic hydroxyl groups is 1. The number of hydrogen-bond donors (Lipinski definition) is 2. The largest absolute Gasteiger partial charge is 0.508 e. The van der Waals surface area contributed by atoms with E-state index in [1.54, 1.807) is 60.9 Å². The molecular weight excluding hydrogens is 420 g/mol. The average molecular weight is 442 g/mol. The summed E-state index contributed by atoms with van der Waals surface area (Å²) in [6, 6.07) is 15.5. The zero-order valence-corrected chi connectivity index (χ0v) is 17.7. The maximum absolute atomic E-state index is 13.1. The van der Waals surface area contributed by atoms with Gasteiger partial charge in [-0.2, -0.15) is 0 Å². The number of nitrogens with zero attached hydrogens (tertiary/aromatic N) is 2. The Kier molecular flexibility index (Phi) is 6.22. The first-order chi connectivity index (χ1) is 16.0. The van der Waals surface area contributed by atoms with Crippen LogP contribution in [0.4, 0.5) is 0 Å². The molecule has 0 bridgehead atoms. The number of carbonyl (C=O) groups excluding carboxylic acids is 2. The van der Waals surface area contributed by atoms with Crippen LogP contribution in [0.15, 0.2) is 91.3 Å². The van der Waals surface area contributed by atoms with Gasteiger partial charge in [0.15, 0.2) is 0 Å². The maximum Gasteiger partial charge on any atom is 0.295 e. The Balaban J connectivity index is 1.78. The van der Waals surface area contributed by atoms with Gasteiger partial charge in [-0.25, -0.2) is 0 Å². The molecule has 0 spiro atoms. The van der Waals surface area contributed by atoms with Crippen LogP contribution in [0.5, 0.6) is 11.5 Å². The van der Waals surface area contributed by atoms with Gasteiger partial charge in [0.1, 0.15) is 23.9 Å². The lowest BCUT2D eigenvalue weighted by Crippen LogP contribution is -2.29. The van der Waals surface area contributed by atoms with Crippen molar-refractivity contribution in [3.63, 3.8) is 0 Å². The maximum atomic E-state index is 13.1. The Morgan fingerprint density at radius 3 is 2.45 bits per heavy atom. The second-order valence-electron chi connectivity index (χ2n) is 7.50.